The summed E-state index contributed by atoms with van der Waals surface area (Å²) < 4.78 is 24.5. The standard InChI is InChI=1S/C20H24FN3O2.HI/c1-22-20(23-12-13-8-9-18(25-2)19(10-13)26-3)24-17-11-15(17)14-6-4-5-7-16(14)21;/h4-10,15,17H,11-12H2,1-3H3,(H2,22,23,24);1H. The van der Waals surface area contributed by atoms with Crippen molar-refractivity contribution in [1.29, 1.82) is 0 Å². The Kier molecular flexibility index (Phi) is 7.70. The number of nitrogens with zero attached hydrogens (tertiary/aromatic N) is 1. The van der Waals surface area contributed by atoms with Crippen molar-refractivity contribution in [3.63, 3.8) is 0 Å². The monoisotopic (exact) mass is 485 g/mol. The van der Waals surface area contributed by atoms with E-state index in [-0.39, 0.29) is 41.8 Å². The molecule has 0 heterocycles. The molecule has 5 nitrogen and oxygen atoms in total. The zero-order valence-corrected chi connectivity index (χ0v) is 18.0. The molecule has 0 spiro atoms. The van der Waals surface area contributed by atoms with Gasteiger partial charge in [0.05, 0.1) is 14.2 Å². The molecular formula is C20H25FIN3O2. The molecule has 27 heavy (non-hydrogen) atoms. The van der Waals surface area contributed by atoms with Crippen molar-refractivity contribution in [2.24, 2.45) is 4.99 Å². The molecule has 146 valence electrons. The van der Waals surface area contributed by atoms with Gasteiger partial charge in [-0.05, 0) is 35.7 Å². The minimum absolute atomic E-state index is 0. The van der Waals surface area contributed by atoms with Gasteiger partial charge in [-0.3, -0.25) is 4.99 Å². The first kappa shape index (κ1) is 21.3. The summed E-state index contributed by atoms with van der Waals surface area (Å²) in [4.78, 5) is 4.25. The Morgan fingerprint density at radius 3 is 2.56 bits per heavy atom. The van der Waals surface area contributed by atoms with E-state index in [0.29, 0.717) is 24.0 Å². The molecule has 0 aromatic heterocycles. The van der Waals surface area contributed by atoms with E-state index in [1.54, 1.807) is 27.3 Å². The summed E-state index contributed by atoms with van der Waals surface area (Å²) in [5, 5.41) is 6.64. The number of hydrogen-bond acceptors (Lipinski definition) is 3. The van der Waals surface area contributed by atoms with Gasteiger partial charge >= 0.3 is 0 Å². The minimum atomic E-state index is -0.143. The van der Waals surface area contributed by atoms with Gasteiger partial charge in [-0.2, -0.15) is 0 Å². The van der Waals surface area contributed by atoms with Gasteiger partial charge in [0.1, 0.15) is 5.82 Å². The van der Waals surface area contributed by atoms with Crippen molar-refractivity contribution in [3.05, 3.63) is 59.4 Å². The third-order valence-corrected chi connectivity index (χ3v) is 4.55. The van der Waals surface area contributed by atoms with E-state index in [0.717, 1.165) is 17.5 Å². The van der Waals surface area contributed by atoms with Crippen molar-refractivity contribution in [2.75, 3.05) is 21.3 Å². The Bertz CT molecular complexity index is 801. The number of rotatable bonds is 6. The lowest BCUT2D eigenvalue weighted by Gasteiger charge is -2.13. The highest BCUT2D eigenvalue weighted by molar-refractivity contribution is 14.0. The van der Waals surface area contributed by atoms with E-state index in [2.05, 4.69) is 15.6 Å². The van der Waals surface area contributed by atoms with Crippen LogP contribution in [0.4, 0.5) is 4.39 Å². The maximum absolute atomic E-state index is 13.9. The number of aliphatic imine (C=N–C) groups is 1. The van der Waals surface area contributed by atoms with Crippen LogP contribution >= 0.6 is 24.0 Å². The number of nitrogens with one attached hydrogen (secondary N) is 2. The van der Waals surface area contributed by atoms with E-state index < -0.39 is 0 Å². The Morgan fingerprint density at radius 1 is 1.15 bits per heavy atom. The maximum atomic E-state index is 13.9. The Balaban J connectivity index is 0.00000261. The molecule has 2 unspecified atom stereocenters. The molecular weight excluding hydrogens is 460 g/mol. The van der Waals surface area contributed by atoms with Crippen LogP contribution < -0.4 is 20.1 Å². The number of methoxy groups -OCH3 is 2. The third kappa shape index (κ3) is 5.24. The molecule has 2 N–H and O–H groups in total. The van der Waals surface area contributed by atoms with Crippen molar-refractivity contribution in [2.45, 2.75) is 24.9 Å². The fraction of sp³-hybridized carbons (Fsp3) is 0.350. The summed E-state index contributed by atoms with van der Waals surface area (Å²) in [5.74, 6) is 2.13. The number of guanidine groups is 1. The van der Waals surface area contributed by atoms with Crippen LogP contribution in [0.15, 0.2) is 47.5 Å². The van der Waals surface area contributed by atoms with Gasteiger partial charge in [0, 0.05) is 25.6 Å². The average molecular weight is 485 g/mol. The van der Waals surface area contributed by atoms with Gasteiger partial charge in [-0.15, -0.1) is 24.0 Å². The van der Waals surface area contributed by atoms with Crippen LogP contribution in [0.3, 0.4) is 0 Å². The molecule has 1 fully saturated rings. The first-order valence-corrected chi connectivity index (χ1v) is 8.58. The lowest BCUT2D eigenvalue weighted by molar-refractivity contribution is 0.354. The molecule has 2 aromatic rings. The first-order valence-electron chi connectivity index (χ1n) is 8.58. The highest BCUT2D eigenvalue weighted by atomic mass is 127. The van der Waals surface area contributed by atoms with Crippen molar-refractivity contribution >= 4 is 29.9 Å². The van der Waals surface area contributed by atoms with E-state index in [9.17, 15) is 4.39 Å². The molecule has 0 saturated heterocycles. The second-order valence-electron chi connectivity index (χ2n) is 6.23. The van der Waals surface area contributed by atoms with Gasteiger partial charge in [0.15, 0.2) is 17.5 Å². The Morgan fingerprint density at radius 2 is 1.89 bits per heavy atom. The number of ether oxygens (including phenoxy) is 2. The summed E-state index contributed by atoms with van der Waals surface area (Å²) in [6.45, 7) is 0.594. The number of halogens is 2. The van der Waals surface area contributed by atoms with E-state index in [4.69, 9.17) is 9.47 Å². The highest BCUT2D eigenvalue weighted by Gasteiger charge is 2.40. The molecule has 1 saturated carbocycles. The summed E-state index contributed by atoms with van der Waals surface area (Å²) >= 11 is 0. The Hall–Kier alpha value is -2.03. The van der Waals surface area contributed by atoms with Gasteiger partial charge in [-0.25, -0.2) is 4.39 Å². The fourth-order valence-electron chi connectivity index (χ4n) is 3.02. The van der Waals surface area contributed by atoms with Crippen LogP contribution in [0.5, 0.6) is 11.5 Å². The van der Waals surface area contributed by atoms with Crippen molar-refractivity contribution in [3.8, 4) is 11.5 Å². The lowest BCUT2D eigenvalue weighted by atomic mass is 10.1. The van der Waals surface area contributed by atoms with Gasteiger partial charge in [0.25, 0.3) is 0 Å². The second-order valence-corrected chi connectivity index (χ2v) is 6.23. The van der Waals surface area contributed by atoms with Gasteiger partial charge in [0.2, 0.25) is 0 Å². The predicted molar refractivity (Wildman–Crippen MR) is 116 cm³/mol. The summed E-state index contributed by atoms with van der Waals surface area (Å²) in [6.07, 6.45) is 0.901. The van der Waals surface area contributed by atoms with Gasteiger partial charge < -0.3 is 20.1 Å². The lowest BCUT2D eigenvalue weighted by Crippen LogP contribution is -2.38. The van der Waals surface area contributed by atoms with Crippen LogP contribution in [0, 0.1) is 5.82 Å². The molecule has 7 heteroatoms. The zero-order chi connectivity index (χ0) is 18.5. The van der Waals surface area contributed by atoms with Crippen molar-refractivity contribution < 1.29 is 13.9 Å². The minimum Gasteiger partial charge on any atom is -0.493 e. The summed E-state index contributed by atoms with van der Waals surface area (Å²) in [6, 6.07) is 12.9. The van der Waals surface area contributed by atoms with Crippen LogP contribution in [-0.2, 0) is 6.54 Å². The molecule has 0 bridgehead atoms. The second kappa shape index (κ2) is 9.77. The SMILES string of the molecule is CN=C(NCc1ccc(OC)c(OC)c1)NC1CC1c1ccccc1F.I. The van der Waals surface area contributed by atoms with E-state index in [1.807, 2.05) is 30.3 Å². The molecule has 1 aliphatic rings. The first-order chi connectivity index (χ1) is 12.7. The topological polar surface area (TPSA) is 54.9 Å². The normalized spacial score (nSPS) is 18.3. The molecule has 0 aliphatic heterocycles. The predicted octanol–water partition coefficient (Wildman–Crippen LogP) is 3.68. The molecule has 3 rings (SSSR count). The maximum Gasteiger partial charge on any atom is 0.191 e. The molecule has 2 aromatic carbocycles. The average Bonchev–Trinajstić information content (AvgIpc) is 3.44. The van der Waals surface area contributed by atoms with Crippen LogP contribution in [0.2, 0.25) is 0 Å². The molecule has 1 aliphatic carbocycles. The van der Waals surface area contributed by atoms with E-state index in [1.165, 1.54) is 6.07 Å². The molecule has 2 atom stereocenters. The zero-order valence-electron chi connectivity index (χ0n) is 15.7. The van der Waals surface area contributed by atoms with Crippen LogP contribution in [-0.4, -0.2) is 33.3 Å². The number of benzene rings is 2. The largest absolute Gasteiger partial charge is 0.493 e. The highest BCUT2D eigenvalue weighted by Crippen LogP contribution is 2.41. The van der Waals surface area contributed by atoms with Crippen LogP contribution in [0.1, 0.15) is 23.5 Å². The summed E-state index contributed by atoms with van der Waals surface area (Å²) in [5.41, 5.74) is 1.81. The van der Waals surface area contributed by atoms with Crippen LogP contribution in [0.25, 0.3) is 0 Å². The fourth-order valence-corrected chi connectivity index (χ4v) is 3.02. The third-order valence-electron chi connectivity index (χ3n) is 4.55. The quantitative estimate of drug-likeness (QED) is 0.373. The van der Waals surface area contributed by atoms with Crippen molar-refractivity contribution in [1.82, 2.24) is 10.6 Å². The Labute approximate surface area is 176 Å². The van der Waals surface area contributed by atoms with Gasteiger partial charge in [-0.1, -0.05) is 24.3 Å². The molecule has 0 amide bonds. The van der Waals surface area contributed by atoms with E-state index >= 15 is 0 Å². The number of hydrogen-bond donors (Lipinski definition) is 2. The molecule has 0 radical (unpaired) electrons. The smallest absolute Gasteiger partial charge is 0.191 e. The summed E-state index contributed by atoms with van der Waals surface area (Å²) in [7, 11) is 4.96.